The van der Waals surface area contributed by atoms with Crippen LogP contribution in [0.25, 0.3) is 0 Å². The van der Waals surface area contributed by atoms with Crippen molar-refractivity contribution in [2.24, 2.45) is 0 Å². The normalized spacial score (nSPS) is 14.6. The molecule has 0 spiro atoms. The van der Waals surface area contributed by atoms with Crippen LogP contribution in [0.15, 0.2) is 23.5 Å². The van der Waals surface area contributed by atoms with Gasteiger partial charge in [0.15, 0.2) is 11.5 Å². The average Bonchev–Trinajstić information content (AvgIpc) is 3.10. The van der Waals surface area contributed by atoms with Gasteiger partial charge >= 0.3 is 0 Å². The van der Waals surface area contributed by atoms with Crippen LogP contribution < -0.4 is 9.47 Å². The Morgan fingerprint density at radius 1 is 1.10 bits per heavy atom. The zero-order valence-corrected chi connectivity index (χ0v) is 18.3. The highest BCUT2D eigenvalue weighted by Crippen LogP contribution is 2.33. The van der Waals surface area contributed by atoms with Gasteiger partial charge < -0.3 is 18.8 Å². The molecule has 160 valence electrons. The Labute approximate surface area is 172 Å². The molecule has 8 nitrogen and oxygen atoms in total. The molecule has 1 aromatic heterocycles. The van der Waals surface area contributed by atoms with Crippen molar-refractivity contribution in [2.75, 3.05) is 40.7 Å². The highest BCUT2D eigenvalue weighted by atomic mass is 32.2. The van der Waals surface area contributed by atoms with Crippen LogP contribution in [0.4, 0.5) is 0 Å². The summed E-state index contributed by atoms with van der Waals surface area (Å²) in [6.07, 6.45) is 4.49. The van der Waals surface area contributed by atoms with E-state index in [0.717, 1.165) is 43.1 Å². The Balaban J connectivity index is 1.81. The molecule has 0 bridgehead atoms. The minimum Gasteiger partial charge on any atom is -0.493 e. The maximum atomic E-state index is 12.1. The van der Waals surface area contributed by atoms with Gasteiger partial charge in [-0.15, -0.1) is 0 Å². The van der Waals surface area contributed by atoms with Gasteiger partial charge in [0.2, 0.25) is 15.0 Å². The fourth-order valence-electron chi connectivity index (χ4n) is 3.73. The maximum Gasteiger partial charge on any atom is 0.227 e. The first-order valence-corrected chi connectivity index (χ1v) is 11.5. The van der Waals surface area contributed by atoms with Gasteiger partial charge in [0.25, 0.3) is 0 Å². The Bertz CT molecular complexity index is 955. The van der Waals surface area contributed by atoms with Crippen molar-refractivity contribution in [3.8, 4) is 11.5 Å². The van der Waals surface area contributed by atoms with Gasteiger partial charge in [-0.1, -0.05) is 0 Å². The molecule has 2 aromatic rings. The summed E-state index contributed by atoms with van der Waals surface area (Å²) in [5, 5.41) is 0.118. The second kappa shape index (κ2) is 9.15. The van der Waals surface area contributed by atoms with Gasteiger partial charge in [-0.05, 0) is 36.1 Å². The highest BCUT2D eigenvalue weighted by molar-refractivity contribution is 7.90. The van der Waals surface area contributed by atoms with Gasteiger partial charge in [0, 0.05) is 46.2 Å². The number of hydrogen-bond acceptors (Lipinski definition) is 7. The van der Waals surface area contributed by atoms with E-state index in [2.05, 4.69) is 9.88 Å². The Morgan fingerprint density at radius 2 is 1.79 bits per heavy atom. The van der Waals surface area contributed by atoms with Gasteiger partial charge in [-0.25, -0.2) is 13.4 Å². The highest BCUT2D eigenvalue weighted by Gasteiger charge is 2.23. The van der Waals surface area contributed by atoms with E-state index < -0.39 is 9.84 Å². The number of methoxy groups -OCH3 is 3. The van der Waals surface area contributed by atoms with E-state index in [9.17, 15) is 8.42 Å². The summed E-state index contributed by atoms with van der Waals surface area (Å²) in [4.78, 5) is 6.49. The van der Waals surface area contributed by atoms with Crippen LogP contribution in [0.2, 0.25) is 0 Å². The topological polar surface area (TPSA) is 82.9 Å². The molecule has 0 radical (unpaired) electrons. The Kier molecular flexibility index (Phi) is 6.81. The molecule has 0 aliphatic carbocycles. The smallest absolute Gasteiger partial charge is 0.227 e. The lowest BCUT2D eigenvalue weighted by Crippen LogP contribution is -2.31. The second-order valence-electron chi connectivity index (χ2n) is 7.24. The van der Waals surface area contributed by atoms with Crippen molar-refractivity contribution >= 4 is 9.84 Å². The number of benzene rings is 1. The molecule has 1 aliphatic rings. The second-order valence-corrected chi connectivity index (χ2v) is 9.15. The number of hydrogen-bond donors (Lipinski definition) is 0. The molecular formula is C20H29N3O5S. The summed E-state index contributed by atoms with van der Waals surface area (Å²) in [7, 11) is 1.52. The number of fused-ring (bicyclic) bond motifs is 1. The summed E-state index contributed by atoms with van der Waals surface area (Å²) in [5.74, 6) is 1.46. The number of nitrogens with zero attached hydrogens (tertiary/aromatic N) is 3. The first-order chi connectivity index (χ1) is 13.9. The van der Waals surface area contributed by atoms with Crippen molar-refractivity contribution in [2.45, 2.75) is 37.6 Å². The van der Waals surface area contributed by atoms with Crippen LogP contribution in [0.5, 0.6) is 11.5 Å². The summed E-state index contributed by atoms with van der Waals surface area (Å²) in [5.41, 5.74) is 3.34. The van der Waals surface area contributed by atoms with Crippen LogP contribution >= 0.6 is 0 Å². The third-order valence-electron chi connectivity index (χ3n) is 5.15. The zero-order valence-electron chi connectivity index (χ0n) is 17.5. The van der Waals surface area contributed by atoms with Gasteiger partial charge in [-0.3, -0.25) is 4.90 Å². The molecule has 1 aliphatic heterocycles. The summed E-state index contributed by atoms with van der Waals surface area (Å²) >= 11 is 0. The molecule has 29 heavy (non-hydrogen) atoms. The standard InChI is InChI=1S/C20H29N3O5S/c1-26-9-5-7-23-17(12-21-20(23)29(4,24)25)14-22-8-6-15-10-18(27-2)19(28-3)11-16(15)13-22/h10-12H,5-9,13-14H2,1-4H3. The number of rotatable bonds is 9. The summed E-state index contributed by atoms with van der Waals surface area (Å²) in [6, 6.07) is 4.07. The van der Waals surface area contributed by atoms with E-state index >= 15 is 0 Å². The van der Waals surface area contributed by atoms with E-state index in [1.54, 1.807) is 32.1 Å². The maximum absolute atomic E-state index is 12.1. The Hall–Kier alpha value is -2.10. The van der Waals surface area contributed by atoms with Crippen LogP contribution in [0, 0.1) is 0 Å². The lowest BCUT2D eigenvalue weighted by Gasteiger charge is -2.29. The van der Waals surface area contributed by atoms with Gasteiger partial charge in [0.1, 0.15) is 0 Å². The van der Waals surface area contributed by atoms with Crippen molar-refractivity contribution in [3.63, 3.8) is 0 Å². The van der Waals surface area contributed by atoms with E-state index in [1.807, 2.05) is 12.1 Å². The molecule has 0 atom stereocenters. The van der Waals surface area contributed by atoms with Crippen molar-refractivity contribution in [1.82, 2.24) is 14.5 Å². The molecule has 1 aromatic carbocycles. The third-order valence-corrected chi connectivity index (χ3v) is 6.14. The first kappa shape index (κ1) is 21.6. The molecule has 0 amide bonds. The number of aromatic nitrogens is 2. The molecule has 0 N–H and O–H groups in total. The van der Waals surface area contributed by atoms with E-state index in [-0.39, 0.29) is 5.16 Å². The minimum atomic E-state index is -3.39. The molecule has 0 unspecified atom stereocenters. The van der Waals surface area contributed by atoms with Gasteiger partial charge in [0.05, 0.1) is 26.1 Å². The van der Waals surface area contributed by atoms with E-state index in [0.29, 0.717) is 19.7 Å². The van der Waals surface area contributed by atoms with Crippen molar-refractivity contribution in [3.05, 3.63) is 35.2 Å². The quantitative estimate of drug-likeness (QED) is 0.570. The molecule has 0 saturated carbocycles. The van der Waals surface area contributed by atoms with Crippen molar-refractivity contribution in [1.29, 1.82) is 0 Å². The van der Waals surface area contributed by atoms with Gasteiger partial charge in [-0.2, -0.15) is 0 Å². The molecule has 9 heteroatoms. The van der Waals surface area contributed by atoms with Crippen molar-refractivity contribution < 1.29 is 22.6 Å². The van der Waals surface area contributed by atoms with E-state index in [1.165, 1.54) is 17.4 Å². The minimum absolute atomic E-state index is 0.118. The van der Waals surface area contributed by atoms with E-state index in [4.69, 9.17) is 14.2 Å². The molecule has 2 heterocycles. The summed E-state index contributed by atoms with van der Waals surface area (Å²) in [6.45, 7) is 3.39. The first-order valence-electron chi connectivity index (χ1n) is 9.57. The average molecular weight is 424 g/mol. The van der Waals surface area contributed by atoms with Crippen LogP contribution in [-0.4, -0.2) is 63.6 Å². The number of sulfone groups is 1. The lowest BCUT2D eigenvalue weighted by molar-refractivity contribution is 0.187. The molecule has 3 rings (SSSR count). The third kappa shape index (κ3) is 4.91. The lowest BCUT2D eigenvalue weighted by atomic mass is 9.98. The van der Waals surface area contributed by atoms with Crippen LogP contribution in [0.1, 0.15) is 23.2 Å². The van der Waals surface area contributed by atoms with Crippen LogP contribution in [-0.2, 0) is 40.6 Å². The fourth-order valence-corrected chi connectivity index (χ4v) is 4.58. The Morgan fingerprint density at radius 3 is 2.41 bits per heavy atom. The predicted molar refractivity (Wildman–Crippen MR) is 109 cm³/mol. The summed E-state index contributed by atoms with van der Waals surface area (Å²) < 4.78 is 42.0. The predicted octanol–water partition coefficient (Wildman–Crippen LogP) is 1.90. The largest absolute Gasteiger partial charge is 0.493 e. The SMILES string of the molecule is COCCCn1c(CN2CCc3cc(OC)c(OC)cc3C2)cnc1S(C)(=O)=O. The molecule has 0 fully saturated rings. The monoisotopic (exact) mass is 423 g/mol. The zero-order chi connectivity index (χ0) is 21.0. The van der Waals surface area contributed by atoms with Crippen LogP contribution in [0.3, 0.4) is 0 Å². The number of imidazole rings is 1. The fraction of sp³-hybridized carbons (Fsp3) is 0.550. The molecule has 0 saturated heterocycles. The molecular weight excluding hydrogens is 394 g/mol. The number of ether oxygens (including phenoxy) is 3.